The van der Waals surface area contributed by atoms with Crippen molar-refractivity contribution < 1.29 is 17.6 Å². The number of halogens is 1. The van der Waals surface area contributed by atoms with Crippen molar-refractivity contribution in [3.05, 3.63) is 29.6 Å². The first-order valence-electron chi connectivity index (χ1n) is 7.44. The maximum Gasteiger partial charge on any atom is 0.243 e. The first-order valence-corrected chi connectivity index (χ1v) is 8.92. The molecule has 122 valence electrons. The molecule has 7 heteroatoms. The van der Waals surface area contributed by atoms with Crippen LogP contribution in [0.25, 0.3) is 0 Å². The van der Waals surface area contributed by atoms with Crippen molar-refractivity contribution in [1.82, 2.24) is 9.62 Å². The van der Waals surface area contributed by atoms with E-state index in [4.69, 9.17) is 0 Å². The lowest BCUT2D eigenvalue weighted by Crippen LogP contribution is -2.38. The molecule has 1 heterocycles. The van der Waals surface area contributed by atoms with Gasteiger partial charge in [-0.15, -0.1) is 0 Å². The standard InChI is InChI=1S/C15H21FN2O3S/c1-12-6-7-13(16)14(11-12)22(20,21)17-8-10-18-9-4-2-3-5-15(18)19/h6-7,11,17H,2-5,8-10H2,1H3. The number of sulfonamides is 1. The number of aryl methyl sites for hydroxylation is 1. The average Bonchev–Trinajstić information content (AvgIpc) is 2.66. The van der Waals surface area contributed by atoms with Crippen LogP contribution in [0.2, 0.25) is 0 Å². The molecule has 0 aliphatic carbocycles. The number of amides is 1. The molecule has 1 fully saturated rings. The van der Waals surface area contributed by atoms with E-state index in [0.717, 1.165) is 25.3 Å². The second-order valence-corrected chi connectivity index (χ2v) is 7.26. The number of hydrogen-bond donors (Lipinski definition) is 1. The molecule has 1 aliphatic heterocycles. The summed E-state index contributed by atoms with van der Waals surface area (Å²) in [6.45, 7) is 2.75. The Balaban J connectivity index is 1.98. The molecule has 1 saturated heterocycles. The number of likely N-dealkylation sites (tertiary alicyclic amines) is 1. The quantitative estimate of drug-likeness (QED) is 0.896. The molecule has 1 N–H and O–H groups in total. The van der Waals surface area contributed by atoms with Crippen LogP contribution in [0.3, 0.4) is 0 Å². The van der Waals surface area contributed by atoms with Crippen LogP contribution in [0.1, 0.15) is 31.2 Å². The van der Waals surface area contributed by atoms with Gasteiger partial charge in [0.05, 0.1) is 0 Å². The molecule has 1 aromatic rings. The fraction of sp³-hybridized carbons (Fsp3) is 0.533. The highest BCUT2D eigenvalue weighted by Gasteiger charge is 2.20. The van der Waals surface area contributed by atoms with E-state index in [-0.39, 0.29) is 17.3 Å². The van der Waals surface area contributed by atoms with E-state index in [1.165, 1.54) is 12.1 Å². The molecule has 0 atom stereocenters. The van der Waals surface area contributed by atoms with Crippen LogP contribution in [0.5, 0.6) is 0 Å². The number of rotatable bonds is 5. The van der Waals surface area contributed by atoms with Crippen molar-refractivity contribution in [2.45, 2.75) is 37.5 Å². The maximum absolute atomic E-state index is 13.7. The minimum Gasteiger partial charge on any atom is -0.341 e. The van der Waals surface area contributed by atoms with Crippen LogP contribution in [-0.2, 0) is 14.8 Å². The molecule has 22 heavy (non-hydrogen) atoms. The van der Waals surface area contributed by atoms with Gasteiger partial charge in [0, 0.05) is 26.1 Å². The predicted octanol–water partition coefficient (Wildman–Crippen LogP) is 1.82. The molecule has 5 nitrogen and oxygen atoms in total. The van der Waals surface area contributed by atoms with E-state index in [9.17, 15) is 17.6 Å². The second kappa shape index (κ2) is 7.19. The first-order chi connectivity index (χ1) is 10.4. The van der Waals surface area contributed by atoms with Crippen LogP contribution in [0.4, 0.5) is 4.39 Å². The fourth-order valence-corrected chi connectivity index (χ4v) is 3.67. The monoisotopic (exact) mass is 328 g/mol. The van der Waals surface area contributed by atoms with Gasteiger partial charge in [0.1, 0.15) is 10.7 Å². The smallest absolute Gasteiger partial charge is 0.243 e. The van der Waals surface area contributed by atoms with Gasteiger partial charge in [-0.25, -0.2) is 17.5 Å². The highest BCUT2D eigenvalue weighted by Crippen LogP contribution is 2.16. The van der Waals surface area contributed by atoms with Crippen molar-refractivity contribution in [2.24, 2.45) is 0 Å². The minimum atomic E-state index is -3.90. The zero-order valence-electron chi connectivity index (χ0n) is 12.6. The van der Waals surface area contributed by atoms with E-state index in [1.807, 2.05) is 0 Å². The Bertz CT molecular complexity index is 646. The third kappa shape index (κ3) is 4.27. The molecule has 0 spiro atoms. The van der Waals surface area contributed by atoms with E-state index in [1.54, 1.807) is 11.8 Å². The summed E-state index contributed by atoms with van der Waals surface area (Å²) in [7, 11) is -3.90. The van der Waals surface area contributed by atoms with Gasteiger partial charge in [-0.05, 0) is 37.5 Å². The summed E-state index contributed by atoms with van der Waals surface area (Å²) >= 11 is 0. The second-order valence-electron chi connectivity index (χ2n) is 5.52. The van der Waals surface area contributed by atoms with Gasteiger partial charge < -0.3 is 4.90 Å². The van der Waals surface area contributed by atoms with Crippen molar-refractivity contribution >= 4 is 15.9 Å². The molecule has 0 radical (unpaired) electrons. The molecule has 1 aromatic carbocycles. The SMILES string of the molecule is Cc1ccc(F)c(S(=O)(=O)NCCN2CCCCCC2=O)c1. The molecule has 2 rings (SSSR count). The van der Waals surface area contributed by atoms with Crippen molar-refractivity contribution in [2.75, 3.05) is 19.6 Å². The van der Waals surface area contributed by atoms with E-state index < -0.39 is 15.8 Å². The van der Waals surface area contributed by atoms with Gasteiger partial charge in [-0.1, -0.05) is 12.5 Å². The summed E-state index contributed by atoms with van der Waals surface area (Å²) in [6, 6.07) is 3.96. The maximum atomic E-state index is 13.7. The van der Waals surface area contributed by atoms with Gasteiger partial charge in [0.25, 0.3) is 0 Å². The minimum absolute atomic E-state index is 0.0541. The number of nitrogens with one attached hydrogen (secondary N) is 1. The molecule has 1 amide bonds. The summed E-state index contributed by atoms with van der Waals surface area (Å²) in [5.74, 6) is -0.720. The molecule has 0 bridgehead atoms. The van der Waals surface area contributed by atoms with Gasteiger partial charge in [-0.3, -0.25) is 4.79 Å². The summed E-state index contributed by atoms with van der Waals surface area (Å²) in [5, 5.41) is 0. The molecular formula is C15H21FN2O3S. The van der Waals surface area contributed by atoms with Gasteiger partial charge in [0.2, 0.25) is 15.9 Å². The topological polar surface area (TPSA) is 66.5 Å². The largest absolute Gasteiger partial charge is 0.341 e. The molecular weight excluding hydrogens is 307 g/mol. The van der Waals surface area contributed by atoms with Crippen molar-refractivity contribution in [3.8, 4) is 0 Å². The van der Waals surface area contributed by atoms with Crippen LogP contribution >= 0.6 is 0 Å². The summed E-state index contributed by atoms with van der Waals surface area (Å²) < 4.78 is 40.3. The third-order valence-electron chi connectivity index (χ3n) is 3.72. The normalized spacial score (nSPS) is 16.6. The Hall–Kier alpha value is -1.47. The zero-order valence-corrected chi connectivity index (χ0v) is 13.5. The lowest BCUT2D eigenvalue weighted by atomic mass is 10.2. The van der Waals surface area contributed by atoms with Crippen molar-refractivity contribution in [1.29, 1.82) is 0 Å². The van der Waals surface area contributed by atoms with Gasteiger partial charge in [0.15, 0.2) is 0 Å². The molecule has 0 aromatic heterocycles. The Morgan fingerprint density at radius 2 is 2.05 bits per heavy atom. The number of benzene rings is 1. The summed E-state index contributed by atoms with van der Waals surface area (Å²) in [4.78, 5) is 13.1. The van der Waals surface area contributed by atoms with Crippen LogP contribution in [0, 0.1) is 12.7 Å². The first kappa shape index (κ1) is 16.9. The summed E-state index contributed by atoms with van der Waals surface area (Å²) in [5.41, 5.74) is 0.671. The number of carbonyl (C=O) groups is 1. The average molecular weight is 328 g/mol. The predicted molar refractivity (Wildman–Crippen MR) is 81.4 cm³/mol. The lowest BCUT2D eigenvalue weighted by Gasteiger charge is -2.20. The van der Waals surface area contributed by atoms with Crippen LogP contribution < -0.4 is 4.72 Å². The zero-order chi connectivity index (χ0) is 16.2. The van der Waals surface area contributed by atoms with Crippen molar-refractivity contribution in [3.63, 3.8) is 0 Å². The molecule has 1 aliphatic rings. The highest BCUT2D eigenvalue weighted by molar-refractivity contribution is 7.89. The van der Waals surface area contributed by atoms with E-state index >= 15 is 0 Å². The van der Waals surface area contributed by atoms with Gasteiger partial charge in [-0.2, -0.15) is 0 Å². The third-order valence-corrected chi connectivity index (χ3v) is 5.20. The number of hydrogen-bond acceptors (Lipinski definition) is 3. The van der Waals surface area contributed by atoms with Gasteiger partial charge >= 0.3 is 0 Å². The molecule has 0 unspecified atom stereocenters. The van der Waals surface area contributed by atoms with Crippen LogP contribution in [0.15, 0.2) is 23.1 Å². The number of nitrogens with zero attached hydrogens (tertiary/aromatic N) is 1. The van der Waals surface area contributed by atoms with E-state index in [0.29, 0.717) is 25.1 Å². The number of carbonyl (C=O) groups excluding carboxylic acids is 1. The van der Waals surface area contributed by atoms with Crippen LogP contribution in [-0.4, -0.2) is 38.9 Å². The Morgan fingerprint density at radius 3 is 2.82 bits per heavy atom. The highest BCUT2D eigenvalue weighted by atomic mass is 32.2. The van der Waals surface area contributed by atoms with E-state index in [2.05, 4.69) is 4.72 Å². The Kier molecular flexibility index (Phi) is 5.52. The summed E-state index contributed by atoms with van der Waals surface area (Å²) in [6.07, 6.45) is 3.35. The Labute approximate surface area is 130 Å². The Morgan fingerprint density at radius 1 is 1.27 bits per heavy atom. The molecule has 0 saturated carbocycles. The lowest BCUT2D eigenvalue weighted by molar-refractivity contribution is -0.130. The fourth-order valence-electron chi connectivity index (χ4n) is 2.48.